The van der Waals surface area contributed by atoms with Crippen molar-refractivity contribution in [1.82, 2.24) is 15.3 Å². The zero-order valence-corrected chi connectivity index (χ0v) is 14.4. The van der Waals surface area contributed by atoms with Gasteiger partial charge in [-0.2, -0.15) is 5.26 Å². The minimum absolute atomic E-state index is 0.140. The van der Waals surface area contributed by atoms with Crippen molar-refractivity contribution in [1.29, 1.82) is 5.26 Å². The highest BCUT2D eigenvalue weighted by Gasteiger charge is 2.29. The summed E-state index contributed by atoms with van der Waals surface area (Å²) in [6.45, 7) is 2.23. The number of rotatable bonds is 5. The smallest absolute Gasteiger partial charge is 0.243 e. The molecule has 25 heavy (non-hydrogen) atoms. The van der Waals surface area contributed by atoms with Crippen LogP contribution in [0.15, 0.2) is 24.3 Å². The van der Waals surface area contributed by atoms with Crippen LogP contribution in [0.25, 0.3) is 11.0 Å². The molecule has 1 atom stereocenters. The van der Waals surface area contributed by atoms with E-state index >= 15 is 0 Å². The minimum Gasteiger partial charge on any atom is -0.477 e. The summed E-state index contributed by atoms with van der Waals surface area (Å²) in [7, 11) is 0. The molecular weight excluding hydrogens is 316 g/mol. The van der Waals surface area contributed by atoms with E-state index in [1.54, 1.807) is 0 Å². The van der Waals surface area contributed by atoms with Gasteiger partial charge < -0.3 is 10.1 Å². The summed E-state index contributed by atoms with van der Waals surface area (Å²) in [5.74, 6) is -1.09. The highest BCUT2D eigenvalue weighted by atomic mass is 16.5. The number of carbonyl (C=O) groups excluding carboxylic acids is 1. The molecule has 1 N–H and O–H groups in total. The van der Waals surface area contributed by atoms with Gasteiger partial charge in [0.05, 0.1) is 23.7 Å². The number of para-hydroxylation sites is 2. The topological polar surface area (TPSA) is 87.9 Å². The van der Waals surface area contributed by atoms with E-state index in [-0.39, 0.29) is 23.5 Å². The molecular formula is C19H22N4O2. The van der Waals surface area contributed by atoms with Gasteiger partial charge in [-0.25, -0.2) is 9.97 Å². The zero-order valence-electron chi connectivity index (χ0n) is 14.4. The standard InChI is InChI=1S/C19H22N4O2/c1-2-25-19-17(22-15-10-6-7-11-16(15)23-19)14(12-20)18(24)21-13-8-4-3-5-9-13/h6-7,10-11,13-14H,2-5,8-9H2,1H3,(H,21,24)/t14-/m0/s1. The van der Waals surface area contributed by atoms with Crippen LogP contribution in [0.1, 0.15) is 50.6 Å². The molecule has 0 bridgehead atoms. The van der Waals surface area contributed by atoms with Crippen LogP contribution in [0.4, 0.5) is 0 Å². The molecule has 1 amide bonds. The van der Waals surface area contributed by atoms with Crippen LogP contribution in [0.3, 0.4) is 0 Å². The summed E-state index contributed by atoms with van der Waals surface area (Å²) in [6, 6.07) is 9.58. The van der Waals surface area contributed by atoms with Gasteiger partial charge in [-0.15, -0.1) is 0 Å². The zero-order chi connectivity index (χ0) is 17.6. The number of nitriles is 1. The van der Waals surface area contributed by atoms with Crippen molar-refractivity contribution < 1.29 is 9.53 Å². The van der Waals surface area contributed by atoms with E-state index in [0.29, 0.717) is 17.6 Å². The SMILES string of the molecule is CCOc1nc2ccccc2nc1[C@H](C#N)C(=O)NC1CCCCC1. The number of amides is 1. The third-order valence-corrected chi connectivity index (χ3v) is 4.46. The fourth-order valence-electron chi connectivity index (χ4n) is 3.20. The van der Waals surface area contributed by atoms with E-state index in [0.717, 1.165) is 25.7 Å². The van der Waals surface area contributed by atoms with Gasteiger partial charge in [0, 0.05) is 6.04 Å². The second-order valence-corrected chi connectivity index (χ2v) is 6.24. The van der Waals surface area contributed by atoms with E-state index in [1.165, 1.54) is 6.42 Å². The number of benzene rings is 1. The van der Waals surface area contributed by atoms with Crippen LogP contribution in [0.2, 0.25) is 0 Å². The fourth-order valence-corrected chi connectivity index (χ4v) is 3.20. The van der Waals surface area contributed by atoms with Crippen molar-refractivity contribution >= 4 is 16.9 Å². The Balaban J connectivity index is 1.91. The summed E-state index contributed by atoms with van der Waals surface area (Å²) in [5.41, 5.74) is 1.61. The molecule has 1 aromatic carbocycles. The van der Waals surface area contributed by atoms with E-state index in [4.69, 9.17) is 4.74 Å². The average molecular weight is 338 g/mol. The Bertz CT molecular complexity index is 794. The second kappa shape index (κ2) is 7.93. The first-order valence-corrected chi connectivity index (χ1v) is 8.82. The molecule has 1 fully saturated rings. The van der Waals surface area contributed by atoms with Crippen molar-refractivity contribution in [2.45, 2.75) is 51.0 Å². The lowest BCUT2D eigenvalue weighted by Crippen LogP contribution is -2.39. The molecule has 0 spiro atoms. The first-order valence-electron chi connectivity index (χ1n) is 8.82. The maximum absolute atomic E-state index is 12.7. The first-order chi connectivity index (χ1) is 12.2. The van der Waals surface area contributed by atoms with Gasteiger partial charge in [-0.05, 0) is 31.9 Å². The Kier molecular flexibility index (Phi) is 5.44. The molecule has 1 aliphatic rings. The van der Waals surface area contributed by atoms with E-state index in [9.17, 15) is 10.1 Å². The summed E-state index contributed by atoms with van der Waals surface area (Å²) in [4.78, 5) is 21.6. The first kappa shape index (κ1) is 17.2. The molecule has 2 aromatic rings. The molecule has 6 heteroatoms. The molecule has 1 aromatic heterocycles. The van der Waals surface area contributed by atoms with Crippen LogP contribution in [-0.2, 0) is 4.79 Å². The van der Waals surface area contributed by atoms with E-state index in [1.807, 2.05) is 31.2 Å². The number of hydrogen-bond acceptors (Lipinski definition) is 5. The number of fused-ring (bicyclic) bond motifs is 1. The van der Waals surface area contributed by atoms with Crippen molar-refractivity contribution in [2.75, 3.05) is 6.61 Å². The normalized spacial score (nSPS) is 16.2. The Morgan fingerprint density at radius 1 is 1.28 bits per heavy atom. The molecule has 6 nitrogen and oxygen atoms in total. The quantitative estimate of drug-likeness (QED) is 0.905. The molecule has 1 saturated carbocycles. The second-order valence-electron chi connectivity index (χ2n) is 6.24. The monoisotopic (exact) mass is 338 g/mol. The van der Waals surface area contributed by atoms with Gasteiger partial charge in [0.1, 0.15) is 5.69 Å². The third-order valence-electron chi connectivity index (χ3n) is 4.46. The van der Waals surface area contributed by atoms with E-state index in [2.05, 4.69) is 21.4 Å². The van der Waals surface area contributed by atoms with Crippen LogP contribution in [0.5, 0.6) is 5.88 Å². The van der Waals surface area contributed by atoms with Gasteiger partial charge >= 0.3 is 0 Å². The van der Waals surface area contributed by atoms with Crippen molar-refractivity contribution in [2.24, 2.45) is 0 Å². The number of carbonyl (C=O) groups is 1. The van der Waals surface area contributed by atoms with Gasteiger partial charge in [-0.1, -0.05) is 31.4 Å². The Morgan fingerprint density at radius 3 is 2.60 bits per heavy atom. The summed E-state index contributed by atoms with van der Waals surface area (Å²) in [6.07, 6.45) is 5.36. The molecule has 0 unspecified atom stereocenters. The molecule has 0 saturated heterocycles. The molecule has 3 rings (SSSR count). The number of ether oxygens (including phenoxy) is 1. The molecule has 0 radical (unpaired) electrons. The van der Waals surface area contributed by atoms with Gasteiger partial charge in [0.25, 0.3) is 0 Å². The lowest BCUT2D eigenvalue weighted by Gasteiger charge is -2.24. The molecule has 1 heterocycles. The number of aromatic nitrogens is 2. The van der Waals surface area contributed by atoms with Crippen LogP contribution < -0.4 is 10.1 Å². The van der Waals surface area contributed by atoms with Crippen molar-refractivity contribution in [3.63, 3.8) is 0 Å². The maximum Gasteiger partial charge on any atom is 0.243 e. The average Bonchev–Trinajstić information content (AvgIpc) is 2.63. The Morgan fingerprint density at radius 2 is 1.96 bits per heavy atom. The highest BCUT2D eigenvalue weighted by molar-refractivity contribution is 5.87. The lowest BCUT2D eigenvalue weighted by molar-refractivity contribution is -0.122. The van der Waals surface area contributed by atoms with Gasteiger partial charge in [0.15, 0.2) is 5.92 Å². The fraction of sp³-hybridized carbons (Fsp3) is 0.474. The van der Waals surface area contributed by atoms with Crippen LogP contribution in [0, 0.1) is 11.3 Å². The summed E-state index contributed by atoms with van der Waals surface area (Å²) >= 11 is 0. The summed E-state index contributed by atoms with van der Waals surface area (Å²) in [5, 5.41) is 12.6. The van der Waals surface area contributed by atoms with E-state index < -0.39 is 5.92 Å². The molecule has 1 aliphatic carbocycles. The Hall–Kier alpha value is -2.68. The predicted octanol–water partition coefficient (Wildman–Crippen LogP) is 3.08. The third kappa shape index (κ3) is 3.87. The number of hydrogen-bond donors (Lipinski definition) is 1. The van der Waals surface area contributed by atoms with Gasteiger partial charge in [0.2, 0.25) is 11.8 Å². The minimum atomic E-state index is -1.03. The largest absolute Gasteiger partial charge is 0.477 e. The van der Waals surface area contributed by atoms with Crippen LogP contribution >= 0.6 is 0 Å². The summed E-state index contributed by atoms with van der Waals surface area (Å²) < 4.78 is 5.56. The van der Waals surface area contributed by atoms with Crippen molar-refractivity contribution in [3.8, 4) is 11.9 Å². The number of nitrogens with one attached hydrogen (secondary N) is 1. The predicted molar refractivity (Wildman–Crippen MR) is 94.1 cm³/mol. The Labute approximate surface area is 147 Å². The van der Waals surface area contributed by atoms with Gasteiger partial charge in [-0.3, -0.25) is 4.79 Å². The lowest BCUT2D eigenvalue weighted by atomic mass is 9.94. The highest BCUT2D eigenvalue weighted by Crippen LogP contribution is 2.27. The van der Waals surface area contributed by atoms with Crippen LogP contribution in [-0.4, -0.2) is 28.5 Å². The molecule has 0 aliphatic heterocycles. The molecule has 130 valence electrons. The number of nitrogens with zero attached hydrogens (tertiary/aromatic N) is 3. The van der Waals surface area contributed by atoms with Crippen molar-refractivity contribution in [3.05, 3.63) is 30.0 Å². The maximum atomic E-state index is 12.7.